The number of hydrogen-bond acceptors (Lipinski definition) is 6. The van der Waals surface area contributed by atoms with Gasteiger partial charge in [-0.05, 0) is 67.8 Å². The maximum absolute atomic E-state index is 13.3. The maximum Gasteiger partial charge on any atom is 0.260 e. The van der Waals surface area contributed by atoms with E-state index in [1.807, 2.05) is 80.6 Å². The normalized spacial score (nSPS) is 13.1. The summed E-state index contributed by atoms with van der Waals surface area (Å²) in [6.07, 6.45) is 2.40. The van der Waals surface area contributed by atoms with Crippen LogP contribution >= 0.6 is 0 Å². The van der Waals surface area contributed by atoms with Gasteiger partial charge in [0.1, 0.15) is 11.6 Å². The Bertz CT molecular complexity index is 1350. The van der Waals surface area contributed by atoms with Crippen molar-refractivity contribution < 1.29 is 9.53 Å². The van der Waals surface area contributed by atoms with E-state index in [1.165, 1.54) is 12.8 Å². The Morgan fingerprint density at radius 3 is 2.49 bits per heavy atom. The second kappa shape index (κ2) is 10.0. The highest BCUT2D eigenvalue weighted by Crippen LogP contribution is 2.29. The number of hydrogen-bond donors (Lipinski definition) is 2. The molecule has 2 N–H and O–H groups in total. The van der Waals surface area contributed by atoms with Gasteiger partial charge >= 0.3 is 0 Å². The van der Waals surface area contributed by atoms with Crippen LogP contribution in [0.15, 0.2) is 66.7 Å². The van der Waals surface area contributed by atoms with Crippen LogP contribution in [-0.4, -0.2) is 35.6 Å². The SMILES string of the molecule is CCOc1ccc2ccccc2c1C(=O)Nc1ccc(Nc2nc(C)cc(N3CCCC3)n2)cc1. The molecular weight excluding hydrogens is 438 g/mol. The summed E-state index contributed by atoms with van der Waals surface area (Å²) in [5.41, 5.74) is 3.00. The van der Waals surface area contributed by atoms with E-state index in [2.05, 4.69) is 20.5 Å². The third-order valence-electron chi connectivity index (χ3n) is 6.09. The lowest BCUT2D eigenvalue weighted by Gasteiger charge is -2.18. The first kappa shape index (κ1) is 22.7. The number of carbonyl (C=O) groups is 1. The molecule has 2 heterocycles. The Morgan fingerprint density at radius 1 is 0.971 bits per heavy atom. The molecule has 0 spiro atoms. The number of aromatic nitrogens is 2. The quantitative estimate of drug-likeness (QED) is 0.351. The lowest BCUT2D eigenvalue weighted by atomic mass is 10.0. The molecule has 178 valence electrons. The molecule has 5 rings (SSSR count). The van der Waals surface area contributed by atoms with E-state index in [0.717, 1.165) is 41.1 Å². The van der Waals surface area contributed by atoms with Crippen molar-refractivity contribution in [3.63, 3.8) is 0 Å². The minimum atomic E-state index is -0.205. The number of benzene rings is 3. The van der Waals surface area contributed by atoms with E-state index in [4.69, 9.17) is 9.72 Å². The Kier molecular flexibility index (Phi) is 6.48. The Morgan fingerprint density at radius 2 is 1.71 bits per heavy atom. The summed E-state index contributed by atoms with van der Waals surface area (Å²) in [6, 6.07) is 21.2. The minimum Gasteiger partial charge on any atom is -0.493 e. The molecule has 1 fully saturated rings. The maximum atomic E-state index is 13.3. The topological polar surface area (TPSA) is 79.4 Å². The van der Waals surface area contributed by atoms with Crippen LogP contribution < -0.4 is 20.3 Å². The number of carbonyl (C=O) groups excluding carboxylic acids is 1. The summed E-state index contributed by atoms with van der Waals surface area (Å²) < 4.78 is 5.76. The fraction of sp³-hybridized carbons (Fsp3) is 0.250. The summed E-state index contributed by atoms with van der Waals surface area (Å²) >= 11 is 0. The first-order valence-corrected chi connectivity index (χ1v) is 12.0. The van der Waals surface area contributed by atoms with Crippen molar-refractivity contribution in [2.75, 3.05) is 35.2 Å². The van der Waals surface area contributed by atoms with Crippen molar-refractivity contribution in [2.24, 2.45) is 0 Å². The van der Waals surface area contributed by atoms with Gasteiger partial charge in [-0.1, -0.05) is 30.3 Å². The molecule has 0 radical (unpaired) electrons. The number of rotatable bonds is 7. The number of nitrogens with one attached hydrogen (secondary N) is 2. The standard InChI is InChI=1S/C28H29N5O2/c1-3-35-24-15-10-20-8-4-5-9-23(20)26(24)27(34)30-21-11-13-22(14-12-21)31-28-29-19(2)18-25(32-28)33-16-6-7-17-33/h4-5,8-15,18H,3,6-7,16-17H2,1-2H3,(H,30,34)(H,29,31,32). The van der Waals surface area contributed by atoms with E-state index in [-0.39, 0.29) is 5.91 Å². The predicted molar refractivity (Wildman–Crippen MR) is 141 cm³/mol. The van der Waals surface area contributed by atoms with Gasteiger partial charge in [0.25, 0.3) is 5.91 Å². The molecule has 1 aromatic heterocycles. The molecule has 3 aromatic carbocycles. The van der Waals surface area contributed by atoms with Crippen LogP contribution in [0.1, 0.15) is 35.8 Å². The highest BCUT2D eigenvalue weighted by molar-refractivity contribution is 6.15. The molecule has 1 aliphatic heterocycles. The van der Waals surface area contributed by atoms with Crippen molar-refractivity contribution in [2.45, 2.75) is 26.7 Å². The van der Waals surface area contributed by atoms with Gasteiger partial charge in [-0.2, -0.15) is 4.98 Å². The molecule has 7 nitrogen and oxygen atoms in total. The van der Waals surface area contributed by atoms with E-state index >= 15 is 0 Å². The fourth-order valence-corrected chi connectivity index (χ4v) is 4.44. The molecule has 1 amide bonds. The first-order chi connectivity index (χ1) is 17.1. The number of aryl methyl sites for hydroxylation is 1. The van der Waals surface area contributed by atoms with Crippen molar-refractivity contribution in [1.29, 1.82) is 0 Å². The van der Waals surface area contributed by atoms with E-state index in [1.54, 1.807) is 0 Å². The van der Waals surface area contributed by atoms with Crippen LogP contribution in [0.25, 0.3) is 10.8 Å². The molecule has 35 heavy (non-hydrogen) atoms. The number of anilines is 4. The number of amides is 1. The minimum absolute atomic E-state index is 0.205. The van der Waals surface area contributed by atoms with Crippen LogP contribution in [-0.2, 0) is 0 Å². The molecule has 0 unspecified atom stereocenters. The van der Waals surface area contributed by atoms with Gasteiger partial charge < -0.3 is 20.3 Å². The average molecular weight is 468 g/mol. The molecule has 1 aliphatic rings. The van der Waals surface area contributed by atoms with E-state index in [0.29, 0.717) is 29.6 Å². The van der Waals surface area contributed by atoms with Gasteiger partial charge in [-0.25, -0.2) is 4.98 Å². The van der Waals surface area contributed by atoms with E-state index < -0.39 is 0 Å². The van der Waals surface area contributed by atoms with Gasteiger partial charge in [0, 0.05) is 36.2 Å². The van der Waals surface area contributed by atoms with Crippen LogP contribution in [0.2, 0.25) is 0 Å². The van der Waals surface area contributed by atoms with Gasteiger partial charge in [0.15, 0.2) is 0 Å². The average Bonchev–Trinajstić information content (AvgIpc) is 3.40. The second-order valence-electron chi connectivity index (χ2n) is 8.63. The summed E-state index contributed by atoms with van der Waals surface area (Å²) in [6.45, 7) is 6.45. The largest absolute Gasteiger partial charge is 0.493 e. The highest BCUT2D eigenvalue weighted by Gasteiger charge is 2.18. The third-order valence-corrected chi connectivity index (χ3v) is 6.09. The Balaban J connectivity index is 1.33. The van der Waals surface area contributed by atoms with Crippen LogP contribution in [0.4, 0.5) is 23.1 Å². The first-order valence-electron chi connectivity index (χ1n) is 12.0. The number of fused-ring (bicyclic) bond motifs is 1. The molecule has 0 saturated carbocycles. The van der Waals surface area contributed by atoms with E-state index in [9.17, 15) is 4.79 Å². The fourth-order valence-electron chi connectivity index (χ4n) is 4.44. The van der Waals surface area contributed by atoms with Gasteiger partial charge in [-0.3, -0.25) is 4.79 Å². The molecule has 0 aliphatic carbocycles. The van der Waals surface area contributed by atoms with Crippen molar-refractivity contribution in [3.8, 4) is 5.75 Å². The van der Waals surface area contributed by atoms with Crippen molar-refractivity contribution >= 4 is 39.8 Å². The molecule has 1 saturated heterocycles. The summed E-state index contributed by atoms with van der Waals surface area (Å²) in [5, 5.41) is 8.15. The van der Waals surface area contributed by atoms with Gasteiger partial charge in [0.05, 0.1) is 12.2 Å². The zero-order chi connectivity index (χ0) is 24.2. The zero-order valence-electron chi connectivity index (χ0n) is 20.0. The number of nitrogens with zero attached hydrogens (tertiary/aromatic N) is 3. The lowest BCUT2D eigenvalue weighted by Crippen LogP contribution is -2.19. The van der Waals surface area contributed by atoms with Crippen LogP contribution in [0.5, 0.6) is 5.75 Å². The van der Waals surface area contributed by atoms with Gasteiger partial charge in [0.2, 0.25) is 5.95 Å². The summed E-state index contributed by atoms with van der Waals surface area (Å²) in [5.74, 6) is 1.90. The molecule has 0 bridgehead atoms. The lowest BCUT2D eigenvalue weighted by molar-refractivity contribution is 0.102. The Labute approximate surface area is 205 Å². The summed E-state index contributed by atoms with van der Waals surface area (Å²) in [7, 11) is 0. The Hall–Kier alpha value is -4.13. The molecule has 0 atom stereocenters. The molecular formula is C28H29N5O2. The summed E-state index contributed by atoms with van der Waals surface area (Å²) in [4.78, 5) is 24.8. The highest BCUT2D eigenvalue weighted by atomic mass is 16.5. The third kappa shape index (κ3) is 5.04. The smallest absolute Gasteiger partial charge is 0.260 e. The predicted octanol–water partition coefficient (Wildman–Crippen LogP) is 5.93. The van der Waals surface area contributed by atoms with Crippen LogP contribution in [0, 0.1) is 6.92 Å². The van der Waals surface area contributed by atoms with Crippen molar-refractivity contribution in [1.82, 2.24) is 9.97 Å². The zero-order valence-corrected chi connectivity index (χ0v) is 20.0. The molecule has 7 heteroatoms. The van der Waals surface area contributed by atoms with Crippen molar-refractivity contribution in [3.05, 3.63) is 78.0 Å². The monoisotopic (exact) mass is 467 g/mol. The second-order valence-corrected chi connectivity index (χ2v) is 8.63. The van der Waals surface area contributed by atoms with Crippen LogP contribution in [0.3, 0.4) is 0 Å². The number of ether oxygens (including phenoxy) is 1. The van der Waals surface area contributed by atoms with Gasteiger partial charge in [-0.15, -0.1) is 0 Å². The molecule has 4 aromatic rings.